The maximum absolute atomic E-state index is 11.8. The molecular formula is C15H20F12N4O6. The van der Waals surface area contributed by atoms with Gasteiger partial charge in [-0.3, -0.25) is 9.59 Å². The number of carboxylic acids is 2. The van der Waals surface area contributed by atoms with E-state index in [-0.39, 0.29) is 26.2 Å². The molecule has 22 heteroatoms. The lowest BCUT2D eigenvalue weighted by atomic mass is 10.4. The van der Waals surface area contributed by atoms with E-state index in [1.54, 1.807) is 10.6 Å². The fourth-order valence-corrected chi connectivity index (χ4v) is 1.32. The first-order chi connectivity index (χ1) is 16.4. The Kier molecular flexibility index (Phi) is 18.1. The fourth-order valence-electron chi connectivity index (χ4n) is 1.32. The van der Waals surface area contributed by atoms with Crippen LogP contribution in [0.25, 0.3) is 0 Å². The van der Waals surface area contributed by atoms with E-state index >= 15 is 0 Å². The fraction of sp³-hybridized carbons (Fsp3) is 0.733. The molecule has 0 aliphatic rings. The zero-order chi connectivity index (χ0) is 30.1. The predicted molar refractivity (Wildman–Crippen MR) is 95.9 cm³/mol. The number of halogens is 12. The number of carbonyl (C=O) groups is 4. The van der Waals surface area contributed by atoms with Gasteiger partial charge in [0.05, 0.1) is 0 Å². The molecule has 0 aromatic heterocycles. The SMILES string of the molecule is O=C(NCCNCCCNCCNC(=O)C(F)(F)F)C(F)(F)F.O=C(O)C(F)(F)F.O=C(O)C(F)(F)F. The number of carboxylic acid groups (broad SMARTS) is 2. The van der Waals surface area contributed by atoms with E-state index in [0.29, 0.717) is 19.5 Å². The second-order valence-corrected chi connectivity index (χ2v) is 5.97. The Labute approximate surface area is 198 Å². The first-order valence-electron chi connectivity index (χ1n) is 9.15. The van der Waals surface area contributed by atoms with Crippen LogP contribution in [0.15, 0.2) is 0 Å². The maximum atomic E-state index is 11.8. The third-order valence-corrected chi connectivity index (χ3v) is 2.88. The van der Waals surface area contributed by atoms with Gasteiger partial charge in [0, 0.05) is 26.2 Å². The number of alkyl halides is 12. The standard InChI is InChI=1S/C11H18F6N4O2.2C2HF3O2/c12-10(13,14)8(22)20-6-4-18-2-1-3-19-5-7-21-9(23)11(15,16)17;2*3-2(4,5)1(6)7/h18-19H,1-7H2,(H,20,22)(H,21,23);2*(H,6,7). The topological polar surface area (TPSA) is 157 Å². The highest BCUT2D eigenvalue weighted by atomic mass is 19.4. The maximum Gasteiger partial charge on any atom is 0.490 e. The number of carbonyl (C=O) groups excluding carboxylic acids is 2. The minimum atomic E-state index is -5.08. The first kappa shape index (κ1) is 38.5. The Hall–Kier alpha value is -3.04. The molecule has 0 rings (SSSR count). The van der Waals surface area contributed by atoms with Crippen molar-refractivity contribution < 1.29 is 82.1 Å². The third kappa shape index (κ3) is 25.8. The van der Waals surface area contributed by atoms with E-state index < -0.39 is 48.5 Å². The van der Waals surface area contributed by atoms with Crippen molar-refractivity contribution in [3.8, 4) is 0 Å². The molecule has 0 aromatic rings. The molecule has 2 amide bonds. The van der Waals surface area contributed by atoms with Crippen molar-refractivity contribution in [1.29, 1.82) is 0 Å². The Morgan fingerprint density at radius 1 is 0.459 bits per heavy atom. The van der Waals surface area contributed by atoms with Gasteiger partial charge in [-0.1, -0.05) is 0 Å². The summed E-state index contributed by atoms with van der Waals surface area (Å²) in [7, 11) is 0. The van der Waals surface area contributed by atoms with Crippen molar-refractivity contribution in [2.24, 2.45) is 0 Å². The molecule has 0 spiro atoms. The van der Waals surface area contributed by atoms with E-state index in [4.69, 9.17) is 19.8 Å². The average molecular weight is 580 g/mol. The molecule has 220 valence electrons. The van der Waals surface area contributed by atoms with Gasteiger partial charge in [0.15, 0.2) is 0 Å². The van der Waals surface area contributed by atoms with Crippen LogP contribution < -0.4 is 21.3 Å². The summed E-state index contributed by atoms with van der Waals surface area (Å²) in [5.41, 5.74) is 0. The summed E-state index contributed by atoms with van der Waals surface area (Å²) in [5.74, 6) is -9.51. The summed E-state index contributed by atoms with van der Waals surface area (Å²) in [4.78, 5) is 38.7. The molecule has 0 saturated heterocycles. The lowest BCUT2D eigenvalue weighted by molar-refractivity contribution is -0.193. The minimum Gasteiger partial charge on any atom is -0.475 e. The van der Waals surface area contributed by atoms with E-state index in [0.717, 1.165) is 0 Å². The van der Waals surface area contributed by atoms with Gasteiger partial charge in [-0.2, -0.15) is 52.7 Å². The van der Waals surface area contributed by atoms with Crippen molar-refractivity contribution in [1.82, 2.24) is 21.3 Å². The van der Waals surface area contributed by atoms with Crippen molar-refractivity contribution >= 4 is 23.8 Å². The average Bonchev–Trinajstić information content (AvgIpc) is 2.69. The summed E-state index contributed by atoms with van der Waals surface area (Å²) in [6.45, 7) is 0.866. The molecule has 0 unspecified atom stereocenters. The Balaban J connectivity index is -0.000000670. The van der Waals surface area contributed by atoms with Crippen LogP contribution in [0.2, 0.25) is 0 Å². The number of rotatable bonds is 10. The molecule has 6 N–H and O–H groups in total. The number of hydrogen-bond acceptors (Lipinski definition) is 6. The highest BCUT2D eigenvalue weighted by Gasteiger charge is 2.39. The summed E-state index contributed by atoms with van der Waals surface area (Å²) in [5, 5.41) is 23.2. The van der Waals surface area contributed by atoms with Gasteiger partial charge in [0.1, 0.15) is 0 Å². The molecule has 37 heavy (non-hydrogen) atoms. The monoisotopic (exact) mass is 580 g/mol. The molecule has 0 aliphatic carbocycles. The Bertz CT molecular complexity index is 650. The van der Waals surface area contributed by atoms with Crippen molar-refractivity contribution in [2.45, 2.75) is 31.1 Å². The summed E-state index contributed by atoms with van der Waals surface area (Å²) < 4.78 is 134. The third-order valence-electron chi connectivity index (χ3n) is 2.88. The smallest absolute Gasteiger partial charge is 0.475 e. The lowest BCUT2D eigenvalue weighted by Gasteiger charge is -2.10. The van der Waals surface area contributed by atoms with Gasteiger partial charge in [0.25, 0.3) is 0 Å². The summed E-state index contributed by atoms with van der Waals surface area (Å²) in [6, 6.07) is 0. The van der Waals surface area contributed by atoms with Crippen molar-refractivity contribution in [2.75, 3.05) is 39.3 Å². The van der Waals surface area contributed by atoms with Gasteiger partial charge in [-0.15, -0.1) is 0 Å². The molecule has 0 fully saturated rings. The number of aliphatic carboxylic acids is 2. The first-order valence-corrected chi connectivity index (χ1v) is 9.15. The summed E-state index contributed by atoms with van der Waals surface area (Å²) in [6.07, 6.45) is -19.4. The molecule has 10 nitrogen and oxygen atoms in total. The summed E-state index contributed by atoms with van der Waals surface area (Å²) >= 11 is 0. The predicted octanol–water partition coefficient (Wildman–Crippen LogP) is 1.18. The van der Waals surface area contributed by atoms with Gasteiger partial charge in [0.2, 0.25) is 0 Å². The minimum absolute atomic E-state index is 0.156. The number of hydrogen-bond donors (Lipinski definition) is 6. The lowest BCUT2D eigenvalue weighted by Crippen LogP contribution is -2.41. The molecular weight excluding hydrogens is 560 g/mol. The second kappa shape index (κ2) is 17.4. The zero-order valence-electron chi connectivity index (χ0n) is 18.0. The molecule has 0 bridgehead atoms. The largest absolute Gasteiger partial charge is 0.490 e. The van der Waals surface area contributed by atoms with E-state index in [1.807, 2.05) is 0 Å². The van der Waals surface area contributed by atoms with Crippen LogP contribution in [0.5, 0.6) is 0 Å². The van der Waals surface area contributed by atoms with E-state index in [2.05, 4.69) is 10.6 Å². The van der Waals surface area contributed by atoms with Gasteiger partial charge in [-0.25, -0.2) is 9.59 Å². The number of nitrogens with one attached hydrogen (secondary N) is 4. The van der Waals surface area contributed by atoms with Crippen LogP contribution in [-0.2, 0) is 19.2 Å². The van der Waals surface area contributed by atoms with Gasteiger partial charge < -0.3 is 31.5 Å². The van der Waals surface area contributed by atoms with Crippen LogP contribution in [-0.4, -0.2) is 97.9 Å². The highest BCUT2D eigenvalue weighted by Crippen LogP contribution is 2.15. The van der Waals surface area contributed by atoms with E-state index in [1.165, 1.54) is 0 Å². The van der Waals surface area contributed by atoms with Crippen LogP contribution in [0.4, 0.5) is 52.7 Å². The van der Waals surface area contributed by atoms with Crippen LogP contribution >= 0.6 is 0 Å². The van der Waals surface area contributed by atoms with Gasteiger partial charge >= 0.3 is 48.5 Å². The number of amides is 2. The Morgan fingerprint density at radius 3 is 0.892 bits per heavy atom. The highest BCUT2D eigenvalue weighted by molar-refractivity contribution is 5.82. The molecule has 0 aliphatic heterocycles. The quantitative estimate of drug-likeness (QED) is 0.166. The van der Waals surface area contributed by atoms with Crippen LogP contribution in [0.3, 0.4) is 0 Å². The van der Waals surface area contributed by atoms with Crippen molar-refractivity contribution in [3.63, 3.8) is 0 Å². The molecule has 0 radical (unpaired) electrons. The van der Waals surface area contributed by atoms with Crippen molar-refractivity contribution in [3.05, 3.63) is 0 Å². The van der Waals surface area contributed by atoms with Crippen LogP contribution in [0, 0.1) is 0 Å². The molecule has 0 heterocycles. The normalized spacial score (nSPS) is 11.8. The van der Waals surface area contributed by atoms with Gasteiger partial charge in [-0.05, 0) is 19.5 Å². The Morgan fingerprint density at radius 2 is 0.703 bits per heavy atom. The molecule has 0 aromatic carbocycles. The van der Waals surface area contributed by atoms with Crippen LogP contribution in [0.1, 0.15) is 6.42 Å². The molecule has 0 atom stereocenters. The molecule has 0 saturated carbocycles. The zero-order valence-corrected chi connectivity index (χ0v) is 18.0. The second-order valence-electron chi connectivity index (χ2n) is 5.97. The van der Waals surface area contributed by atoms with E-state index in [9.17, 15) is 62.3 Å².